The summed E-state index contributed by atoms with van der Waals surface area (Å²) in [7, 11) is 0. The van der Waals surface area contributed by atoms with Gasteiger partial charge in [-0.2, -0.15) is 5.26 Å². The molecule has 130 valence electrons. The van der Waals surface area contributed by atoms with E-state index in [1.54, 1.807) is 36.4 Å². The quantitative estimate of drug-likeness (QED) is 0.331. The van der Waals surface area contributed by atoms with E-state index in [1.165, 1.54) is 25.1 Å². The lowest BCUT2D eigenvalue weighted by molar-refractivity contribution is -0.112. The molecule has 0 aromatic heterocycles. The molecule has 0 unspecified atom stereocenters. The van der Waals surface area contributed by atoms with Crippen molar-refractivity contribution in [3.8, 4) is 6.07 Å². The Labute approximate surface area is 150 Å². The highest BCUT2D eigenvalue weighted by Gasteiger charge is 2.11. The number of amides is 2. The van der Waals surface area contributed by atoms with Crippen LogP contribution in [0.2, 0.25) is 0 Å². The van der Waals surface area contributed by atoms with Gasteiger partial charge in [0.1, 0.15) is 11.6 Å². The summed E-state index contributed by atoms with van der Waals surface area (Å²) >= 11 is 0. The Hall–Kier alpha value is -3.92. The Kier molecular flexibility index (Phi) is 5.85. The predicted octanol–water partition coefficient (Wildman–Crippen LogP) is 2.25. The molecule has 0 heterocycles. The van der Waals surface area contributed by atoms with E-state index in [2.05, 4.69) is 10.6 Å². The third kappa shape index (κ3) is 4.79. The lowest BCUT2D eigenvalue weighted by Gasteiger charge is -2.06. The van der Waals surface area contributed by atoms with E-state index in [0.29, 0.717) is 22.5 Å². The number of nitrogens with zero attached hydrogens (tertiary/aromatic N) is 1. The molecule has 0 spiro atoms. The average molecular weight is 348 g/mol. The van der Waals surface area contributed by atoms with Crippen molar-refractivity contribution in [1.82, 2.24) is 5.32 Å². The largest absolute Gasteiger partial charge is 0.399 e. The van der Waals surface area contributed by atoms with Gasteiger partial charge in [0.15, 0.2) is 5.78 Å². The van der Waals surface area contributed by atoms with Crippen LogP contribution in [0.5, 0.6) is 0 Å². The Morgan fingerprint density at radius 2 is 1.77 bits per heavy atom. The fraction of sp³-hybridized carbons (Fsp3) is 0.0526. The van der Waals surface area contributed by atoms with E-state index in [0.717, 1.165) is 6.20 Å². The summed E-state index contributed by atoms with van der Waals surface area (Å²) in [5, 5.41) is 14.0. The van der Waals surface area contributed by atoms with Crippen molar-refractivity contribution < 1.29 is 14.4 Å². The van der Waals surface area contributed by atoms with Gasteiger partial charge in [-0.1, -0.05) is 12.1 Å². The van der Waals surface area contributed by atoms with Gasteiger partial charge >= 0.3 is 0 Å². The fourth-order valence-electron chi connectivity index (χ4n) is 2.02. The number of hydrogen-bond donors (Lipinski definition) is 3. The van der Waals surface area contributed by atoms with Crippen LogP contribution < -0.4 is 16.4 Å². The zero-order chi connectivity index (χ0) is 19.1. The number of ketones is 1. The topological polar surface area (TPSA) is 125 Å². The number of anilines is 2. The van der Waals surface area contributed by atoms with Gasteiger partial charge in [0, 0.05) is 28.7 Å². The van der Waals surface area contributed by atoms with Gasteiger partial charge in [0.2, 0.25) is 0 Å². The van der Waals surface area contributed by atoms with Crippen LogP contribution in [0.15, 0.2) is 60.3 Å². The van der Waals surface area contributed by atoms with Crippen molar-refractivity contribution >= 4 is 29.0 Å². The first-order chi connectivity index (χ1) is 12.4. The van der Waals surface area contributed by atoms with Gasteiger partial charge in [0.25, 0.3) is 11.8 Å². The van der Waals surface area contributed by atoms with Crippen LogP contribution in [0.3, 0.4) is 0 Å². The van der Waals surface area contributed by atoms with Gasteiger partial charge in [-0.25, -0.2) is 0 Å². The number of Topliss-reactive ketones (excluding diaryl/α,β-unsaturated/α-hetero) is 1. The van der Waals surface area contributed by atoms with Gasteiger partial charge in [-0.05, 0) is 43.3 Å². The van der Waals surface area contributed by atoms with Gasteiger partial charge in [-0.15, -0.1) is 0 Å². The molecule has 0 aliphatic rings. The van der Waals surface area contributed by atoms with E-state index in [9.17, 15) is 14.4 Å². The van der Waals surface area contributed by atoms with E-state index in [4.69, 9.17) is 11.0 Å². The predicted molar refractivity (Wildman–Crippen MR) is 97.1 cm³/mol. The fourth-order valence-corrected chi connectivity index (χ4v) is 2.02. The summed E-state index contributed by atoms with van der Waals surface area (Å²) < 4.78 is 0. The summed E-state index contributed by atoms with van der Waals surface area (Å²) in [5.41, 5.74) is 6.92. The standard InChI is InChI=1S/C19H16N4O3/c1-12(24)14-3-2-4-17(9-14)23-19(26)15(10-20)11-22-18(25)13-5-7-16(21)8-6-13/h2-9,11H,21H2,1H3,(H,22,25)(H,23,26)/b15-11-. The third-order valence-corrected chi connectivity index (χ3v) is 3.41. The van der Waals surface area contributed by atoms with Crippen molar-refractivity contribution in [2.75, 3.05) is 11.1 Å². The number of nitrogens with one attached hydrogen (secondary N) is 2. The molecule has 4 N–H and O–H groups in total. The number of carbonyl (C=O) groups excluding carboxylic acids is 3. The maximum Gasteiger partial charge on any atom is 0.267 e. The van der Waals surface area contributed by atoms with Crippen LogP contribution in [-0.4, -0.2) is 17.6 Å². The molecule has 7 nitrogen and oxygen atoms in total. The SMILES string of the molecule is CC(=O)c1cccc(NC(=O)/C(C#N)=C\NC(=O)c2ccc(N)cc2)c1. The summed E-state index contributed by atoms with van der Waals surface area (Å²) in [4.78, 5) is 35.5. The molecule has 2 rings (SSSR count). The van der Waals surface area contributed by atoms with Crippen molar-refractivity contribution in [1.29, 1.82) is 5.26 Å². The molecule has 7 heteroatoms. The molecular formula is C19H16N4O3. The number of rotatable bonds is 5. The smallest absolute Gasteiger partial charge is 0.267 e. The summed E-state index contributed by atoms with van der Waals surface area (Å²) in [6.07, 6.45) is 1.03. The van der Waals surface area contributed by atoms with Crippen LogP contribution in [0.25, 0.3) is 0 Å². The summed E-state index contributed by atoms with van der Waals surface area (Å²) in [6, 6.07) is 14.2. The maximum absolute atomic E-state index is 12.2. The molecule has 0 atom stereocenters. The van der Waals surface area contributed by atoms with Crippen LogP contribution >= 0.6 is 0 Å². The minimum Gasteiger partial charge on any atom is -0.399 e. The molecule has 0 radical (unpaired) electrons. The highest BCUT2D eigenvalue weighted by atomic mass is 16.2. The molecule has 2 amide bonds. The number of nitrogen functional groups attached to an aromatic ring is 1. The second kappa shape index (κ2) is 8.26. The van der Waals surface area contributed by atoms with E-state index in [1.807, 2.05) is 0 Å². The molecular weight excluding hydrogens is 332 g/mol. The molecule has 2 aromatic carbocycles. The zero-order valence-corrected chi connectivity index (χ0v) is 13.9. The number of benzene rings is 2. The molecule has 0 bridgehead atoms. The molecule has 0 aliphatic carbocycles. The Bertz CT molecular complexity index is 925. The molecule has 0 saturated heterocycles. The van der Waals surface area contributed by atoms with E-state index >= 15 is 0 Å². The van der Waals surface area contributed by atoms with Crippen molar-refractivity contribution in [2.45, 2.75) is 6.92 Å². The lowest BCUT2D eigenvalue weighted by atomic mass is 10.1. The monoisotopic (exact) mass is 348 g/mol. The normalized spacial score (nSPS) is 10.5. The van der Waals surface area contributed by atoms with Gasteiger partial charge < -0.3 is 16.4 Å². The van der Waals surface area contributed by atoms with Crippen LogP contribution in [0, 0.1) is 11.3 Å². The second-order valence-electron chi connectivity index (χ2n) is 5.36. The minimum atomic E-state index is -0.703. The van der Waals surface area contributed by atoms with Crippen molar-refractivity contribution in [2.24, 2.45) is 0 Å². The van der Waals surface area contributed by atoms with Crippen LogP contribution in [0.4, 0.5) is 11.4 Å². The van der Waals surface area contributed by atoms with Crippen LogP contribution in [0.1, 0.15) is 27.6 Å². The first kappa shape index (κ1) is 18.4. The van der Waals surface area contributed by atoms with Gasteiger partial charge in [-0.3, -0.25) is 14.4 Å². The second-order valence-corrected chi connectivity index (χ2v) is 5.36. The number of nitrogens with two attached hydrogens (primary N) is 1. The maximum atomic E-state index is 12.2. The zero-order valence-electron chi connectivity index (χ0n) is 13.9. The van der Waals surface area contributed by atoms with Crippen molar-refractivity contribution in [3.63, 3.8) is 0 Å². The Balaban J connectivity index is 2.08. The minimum absolute atomic E-state index is 0.145. The summed E-state index contributed by atoms with van der Waals surface area (Å²) in [6.45, 7) is 1.41. The Morgan fingerprint density at radius 3 is 2.38 bits per heavy atom. The number of hydrogen-bond acceptors (Lipinski definition) is 5. The lowest BCUT2D eigenvalue weighted by Crippen LogP contribution is -2.21. The van der Waals surface area contributed by atoms with Gasteiger partial charge in [0.05, 0.1) is 0 Å². The summed E-state index contributed by atoms with van der Waals surface area (Å²) in [5.74, 6) is -1.33. The molecule has 0 fully saturated rings. The van der Waals surface area contributed by atoms with E-state index < -0.39 is 11.8 Å². The number of nitriles is 1. The first-order valence-electron chi connectivity index (χ1n) is 7.59. The molecule has 0 saturated carbocycles. The average Bonchev–Trinajstić information content (AvgIpc) is 2.62. The highest BCUT2D eigenvalue weighted by Crippen LogP contribution is 2.12. The highest BCUT2D eigenvalue weighted by molar-refractivity contribution is 6.07. The molecule has 2 aromatic rings. The van der Waals surface area contributed by atoms with E-state index in [-0.39, 0.29) is 11.4 Å². The molecule has 0 aliphatic heterocycles. The van der Waals surface area contributed by atoms with Crippen LogP contribution in [-0.2, 0) is 4.79 Å². The number of carbonyl (C=O) groups is 3. The first-order valence-corrected chi connectivity index (χ1v) is 7.59. The Morgan fingerprint density at radius 1 is 1.08 bits per heavy atom. The molecule has 26 heavy (non-hydrogen) atoms. The van der Waals surface area contributed by atoms with Crippen molar-refractivity contribution in [3.05, 3.63) is 71.4 Å². The third-order valence-electron chi connectivity index (χ3n) is 3.41.